The molecule has 2 aliphatic rings. The Bertz CT molecular complexity index is 1040. The zero-order valence-electron chi connectivity index (χ0n) is 18.5. The zero-order chi connectivity index (χ0) is 25.4. The van der Waals surface area contributed by atoms with Gasteiger partial charge in [0.05, 0.1) is 11.1 Å². The molecule has 2 fully saturated rings. The molecule has 35 heavy (non-hydrogen) atoms. The van der Waals surface area contributed by atoms with Crippen LogP contribution in [0.2, 0.25) is 0 Å². The van der Waals surface area contributed by atoms with Gasteiger partial charge in [-0.05, 0) is 55.9 Å². The summed E-state index contributed by atoms with van der Waals surface area (Å²) in [6.07, 6.45) is -8.31. The van der Waals surface area contributed by atoms with E-state index in [1.165, 1.54) is 0 Å². The maximum absolute atomic E-state index is 13.2. The van der Waals surface area contributed by atoms with E-state index in [1.807, 2.05) is 30.3 Å². The minimum atomic E-state index is -5.03. The predicted octanol–water partition coefficient (Wildman–Crippen LogP) is 6.88. The van der Waals surface area contributed by atoms with Crippen molar-refractivity contribution in [2.45, 2.75) is 63.1 Å². The lowest BCUT2D eigenvalue weighted by Crippen LogP contribution is -2.55. The molecule has 4 nitrogen and oxygen atoms in total. The molecule has 2 saturated heterocycles. The number of ether oxygens (including phenoxy) is 1. The summed E-state index contributed by atoms with van der Waals surface area (Å²) in [7, 11) is 0. The number of benzene rings is 2. The SMILES string of the molecule is O=C(c1cc(C(F)(F)F)cc(C(F)(F)F)c1)C1CC2CCCC(C1)N2C(=O)OCc1ccccc1. The summed E-state index contributed by atoms with van der Waals surface area (Å²) in [6, 6.07) is 9.31. The molecule has 0 N–H and O–H groups in total. The van der Waals surface area contributed by atoms with Crippen LogP contribution in [0.15, 0.2) is 48.5 Å². The summed E-state index contributed by atoms with van der Waals surface area (Å²) < 4.78 is 84.8. The van der Waals surface area contributed by atoms with E-state index in [-0.39, 0.29) is 37.6 Å². The van der Waals surface area contributed by atoms with Gasteiger partial charge in [0.2, 0.25) is 0 Å². The number of carbonyl (C=O) groups excluding carboxylic acids is 2. The van der Waals surface area contributed by atoms with E-state index in [2.05, 4.69) is 0 Å². The molecule has 0 spiro atoms. The third-order valence-electron chi connectivity index (χ3n) is 6.63. The summed E-state index contributed by atoms with van der Waals surface area (Å²) in [5.41, 5.74) is -2.84. The van der Waals surface area contributed by atoms with Crippen LogP contribution in [-0.4, -0.2) is 28.9 Å². The topological polar surface area (TPSA) is 46.6 Å². The number of hydrogen-bond acceptors (Lipinski definition) is 3. The molecular formula is C25H23F6NO3. The summed E-state index contributed by atoms with van der Waals surface area (Å²) in [6.45, 7) is 0.0719. The highest BCUT2D eigenvalue weighted by molar-refractivity contribution is 5.98. The van der Waals surface area contributed by atoms with Crippen LogP contribution in [0, 0.1) is 5.92 Å². The monoisotopic (exact) mass is 499 g/mol. The van der Waals surface area contributed by atoms with Crippen LogP contribution < -0.4 is 0 Å². The lowest BCUT2D eigenvalue weighted by atomic mass is 9.75. The molecular weight excluding hydrogens is 476 g/mol. The van der Waals surface area contributed by atoms with Crippen molar-refractivity contribution in [2.75, 3.05) is 0 Å². The van der Waals surface area contributed by atoms with Gasteiger partial charge in [0.25, 0.3) is 0 Å². The van der Waals surface area contributed by atoms with Gasteiger partial charge in [0, 0.05) is 23.6 Å². The summed E-state index contributed by atoms with van der Waals surface area (Å²) in [5, 5.41) is 0. The first-order valence-corrected chi connectivity index (χ1v) is 11.3. The number of carbonyl (C=O) groups is 2. The van der Waals surface area contributed by atoms with Crippen LogP contribution in [0.25, 0.3) is 0 Å². The molecule has 2 aromatic carbocycles. The number of ketones is 1. The van der Waals surface area contributed by atoms with Gasteiger partial charge >= 0.3 is 18.4 Å². The van der Waals surface area contributed by atoms with Crippen LogP contribution in [0.5, 0.6) is 0 Å². The second-order valence-electron chi connectivity index (χ2n) is 9.01. The van der Waals surface area contributed by atoms with E-state index >= 15 is 0 Å². The minimum Gasteiger partial charge on any atom is -0.445 e. The van der Waals surface area contributed by atoms with E-state index < -0.39 is 46.8 Å². The summed E-state index contributed by atoms with van der Waals surface area (Å²) >= 11 is 0. The van der Waals surface area contributed by atoms with Gasteiger partial charge in [-0.25, -0.2) is 4.79 Å². The van der Waals surface area contributed by atoms with Crippen LogP contribution in [0.4, 0.5) is 31.1 Å². The molecule has 4 rings (SSSR count). The molecule has 1 amide bonds. The Hall–Kier alpha value is -3.04. The van der Waals surface area contributed by atoms with Crippen molar-refractivity contribution in [3.05, 3.63) is 70.8 Å². The Balaban J connectivity index is 1.52. The van der Waals surface area contributed by atoms with Crippen LogP contribution >= 0.6 is 0 Å². The first kappa shape index (κ1) is 25.1. The third kappa shape index (κ3) is 5.62. The normalized spacial score (nSPS) is 22.6. The molecule has 10 heteroatoms. The van der Waals surface area contributed by atoms with E-state index in [9.17, 15) is 35.9 Å². The molecule has 2 unspecified atom stereocenters. The van der Waals surface area contributed by atoms with Crippen molar-refractivity contribution in [1.29, 1.82) is 0 Å². The maximum Gasteiger partial charge on any atom is 0.416 e. The third-order valence-corrected chi connectivity index (χ3v) is 6.63. The van der Waals surface area contributed by atoms with Crippen molar-refractivity contribution in [2.24, 2.45) is 5.92 Å². The number of piperidine rings is 2. The first-order chi connectivity index (χ1) is 16.4. The van der Waals surface area contributed by atoms with Crippen molar-refractivity contribution < 1.29 is 40.7 Å². The fourth-order valence-corrected chi connectivity index (χ4v) is 5.02. The average molecular weight is 499 g/mol. The summed E-state index contributed by atoms with van der Waals surface area (Å²) in [4.78, 5) is 27.5. The van der Waals surface area contributed by atoms with Crippen molar-refractivity contribution in [1.82, 2.24) is 4.90 Å². The number of halogens is 6. The van der Waals surface area contributed by atoms with Gasteiger partial charge in [0.15, 0.2) is 5.78 Å². The number of hydrogen-bond donors (Lipinski definition) is 0. The Labute approximate surface area is 197 Å². The number of amides is 1. The largest absolute Gasteiger partial charge is 0.445 e. The standard InChI is InChI=1S/C25H23F6NO3/c26-24(27,28)18-9-16(10-19(13-18)25(29,30)31)22(33)17-11-20-7-4-8-21(12-17)32(20)23(34)35-14-15-5-2-1-3-6-15/h1-3,5-6,9-10,13,17,20-21H,4,7-8,11-12,14H2. The van der Waals surface area contributed by atoms with Crippen LogP contribution in [0.1, 0.15) is 59.2 Å². The second-order valence-corrected chi connectivity index (χ2v) is 9.01. The highest BCUT2D eigenvalue weighted by Gasteiger charge is 2.45. The molecule has 2 aliphatic heterocycles. The molecule has 2 atom stereocenters. The molecule has 2 aromatic rings. The van der Waals surface area contributed by atoms with Crippen molar-refractivity contribution in [3.63, 3.8) is 0 Å². The van der Waals surface area contributed by atoms with Crippen molar-refractivity contribution in [3.8, 4) is 0 Å². The number of fused-ring (bicyclic) bond motifs is 2. The predicted molar refractivity (Wildman–Crippen MR) is 113 cm³/mol. The molecule has 0 radical (unpaired) electrons. The molecule has 0 aliphatic carbocycles. The molecule has 0 aromatic heterocycles. The van der Waals surface area contributed by atoms with Gasteiger partial charge in [-0.15, -0.1) is 0 Å². The first-order valence-electron chi connectivity index (χ1n) is 11.3. The number of rotatable bonds is 4. The molecule has 2 heterocycles. The Morgan fingerprint density at radius 3 is 1.91 bits per heavy atom. The highest BCUT2D eigenvalue weighted by Crippen LogP contribution is 2.41. The Morgan fingerprint density at radius 2 is 1.40 bits per heavy atom. The maximum atomic E-state index is 13.2. The van der Waals surface area contributed by atoms with E-state index in [0.717, 1.165) is 12.0 Å². The Kier molecular flexibility index (Phi) is 6.83. The summed E-state index contributed by atoms with van der Waals surface area (Å²) in [5.74, 6) is -1.55. The highest BCUT2D eigenvalue weighted by atomic mass is 19.4. The van der Waals surface area contributed by atoms with Gasteiger partial charge < -0.3 is 9.64 Å². The number of alkyl halides is 6. The van der Waals surface area contributed by atoms with Gasteiger partial charge in [0.1, 0.15) is 6.61 Å². The molecule has 0 saturated carbocycles. The Morgan fingerprint density at radius 1 is 0.857 bits per heavy atom. The lowest BCUT2D eigenvalue weighted by molar-refractivity contribution is -0.143. The van der Waals surface area contributed by atoms with Crippen LogP contribution in [0.3, 0.4) is 0 Å². The van der Waals surface area contributed by atoms with Gasteiger partial charge in [-0.2, -0.15) is 26.3 Å². The zero-order valence-corrected chi connectivity index (χ0v) is 18.5. The number of nitrogens with zero attached hydrogens (tertiary/aromatic N) is 1. The fourth-order valence-electron chi connectivity index (χ4n) is 5.02. The van der Waals surface area contributed by atoms with Gasteiger partial charge in [-0.1, -0.05) is 30.3 Å². The van der Waals surface area contributed by atoms with Crippen molar-refractivity contribution >= 4 is 11.9 Å². The van der Waals surface area contributed by atoms with E-state index in [1.54, 1.807) is 4.90 Å². The smallest absolute Gasteiger partial charge is 0.416 e. The van der Waals surface area contributed by atoms with E-state index in [4.69, 9.17) is 4.74 Å². The fraction of sp³-hybridized carbons (Fsp3) is 0.440. The number of Topliss-reactive ketones (excluding diaryl/α,β-unsaturated/α-hetero) is 1. The van der Waals surface area contributed by atoms with Crippen LogP contribution in [-0.2, 0) is 23.7 Å². The minimum absolute atomic E-state index is 0.0108. The second kappa shape index (κ2) is 9.54. The molecule has 188 valence electrons. The lowest BCUT2D eigenvalue weighted by Gasteiger charge is -2.47. The molecule has 2 bridgehead atoms. The van der Waals surface area contributed by atoms with E-state index in [0.29, 0.717) is 25.0 Å². The average Bonchev–Trinajstić information content (AvgIpc) is 2.80. The quantitative estimate of drug-likeness (QED) is 0.341. The van der Waals surface area contributed by atoms with Gasteiger partial charge in [-0.3, -0.25) is 4.79 Å².